The summed E-state index contributed by atoms with van der Waals surface area (Å²) in [6.07, 6.45) is 0.745. The van der Waals surface area contributed by atoms with Crippen LogP contribution in [0.5, 0.6) is 0 Å². The predicted molar refractivity (Wildman–Crippen MR) is 28.7 cm³/mol. The first-order valence-electron chi connectivity index (χ1n) is 1.95. The van der Waals surface area contributed by atoms with Crippen molar-refractivity contribution in [1.82, 2.24) is 0 Å². The van der Waals surface area contributed by atoms with E-state index < -0.39 is 0 Å². The quantitative estimate of drug-likeness (QED) is 0.516. The maximum Gasteiger partial charge on any atom is 0.0509 e. The first-order valence-corrected chi connectivity index (χ1v) is 1.95. The zero-order valence-corrected chi connectivity index (χ0v) is 3.73. The fourth-order valence-electron chi connectivity index (χ4n) is 0. The maximum absolute atomic E-state index is 8.36. The number of aliphatic hydroxyl groups excluding tert-OH is 1. The molecule has 0 bridgehead atoms. The molecule has 0 aliphatic carbocycles. The number of aliphatic hydroxyl groups is 1. The van der Waals surface area contributed by atoms with E-state index in [4.69, 9.17) is 5.11 Å². The predicted octanol–water partition coefficient (Wildman–Crippen LogP) is 1.41. The van der Waals surface area contributed by atoms with E-state index in [2.05, 4.69) is 0 Å². The lowest BCUT2D eigenvalue weighted by atomic mass is 10.3. The first kappa shape index (κ1) is 9.35. The average Bonchev–Trinajstić information content (AvgIpc) is 1.38. The Morgan fingerprint density at radius 3 is 1.83 bits per heavy atom. The molecule has 0 heterocycles. The molecule has 0 radical (unpaired) electrons. The molecule has 0 rings (SSSR count). The van der Waals surface area contributed by atoms with Crippen molar-refractivity contribution >= 4 is 0 Å². The van der Waals surface area contributed by atoms with E-state index in [0.717, 1.165) is 6.42 Å². The Morgan fingerprint density at radius 1 is 1.67 bits per heavy atom. The lowest BCUT2D eigenvalue weighted by molar-refractivity contribution is 0.191. The van der Waals surface area contributed by atoms with Crippen LogP contribution in [-0.2, 0) is 0 Å². The van der Waals surface area contributed by atoms with Gasteiger partial charge in [0.05, 0.1) is 6.10 Å². The van der Waals surface area contributed by atoms with Gasteiger partial charge in [0.1, 0.15) is 0 Å². The van der Waals surface area contributed by atoms with Crippen LogP contribution in [0.3, 0.4) is 0 Å². The van der Waals surface area contributed by atoms with Gasteiger partial charge in [0.25, 0.3) is 0 Å². The standard InChI is InChI=1S/C4H10O.CH4/c1-3-4(2)5;/h4-5H,3H2,1-2H3;1H4/t4-;/m1./s1. The molecule has 0 fully saturated rings. The van der Waals surface area contributed by atoms with Gasteiger partial charge in [-0.1, -0.05) is 14.4 Å². The molecule has 1 atom stereocenters. The Morgan fingerprint density at radius 2 is 1.83 bits per heavy atom. The molecule has 0 saturated carbocycles. The van der Waals surface area contributed by atoms with Crippen LogP contribution in [0.2, 0.25) is 0 Å². The molecule has 1 heteroatoms. The van der Waals surface area contributed by atoms with Gasteiger partial charge in [-0.2, -0.15) is 0 Å². The van der Waals surface area contributed by atoms with Gasteiger partial charge in [-0.15, -0.1) is 0 Å². The number of rotatable bonds is 1. The van der Waals surface area contributed by atoms with Crippen molar-refractivity contribution in [2.45, 2.75) is 33.8 Å². The number of hydrogen-bond acceptors (Lipinski definition) is 1. The van der Waals surface area contributed by atoms with E-state index in [-0.39, 0.29) is 13.5 Å². The van der Waals surface area contributed by atoms with Gasteiger partial charge in [-0.05, 0) is 13.3 Å². The molecule has 0 aliphatic heterocycles. The Labute approximate surface area is 40.0 Å². The Balaban J connectivity index is 0. The van der Waals surface area contributed by atoms with Gasteiger partial charge < -0.3 is 5.11 Å². The second-order valence-corrected chi connectivity index (χ2v) is 1.26. The average molecular weight is 90.2 g/mol. The smallest absolute Gasteiger partial charge is 0.0509 e. The zero-order valence-electron chi connectivity index (χ0n) is 3.73. The molecule has 1 nitrogen and oxygen atoms in total. The van der Waals surface area contributed by atoms with Crippen LogP contribution >= 0.6 is 0 Å². The van der Waals surface area contributed by atoms with Crippen LogP contribution in [0.25, 0.3) is 0 Å². The van der Waals surface area contributed by atoms with Gasteiger partial charge in [0, 0.05) is 0 Å². The van der Waals surface area contributed by atoms with Gasteiger partial charge >= 0.3 is 0 Å². The van der Waals surface area contributed by atoms with Crippen LogP contribution in [-0.4, -0.2) is 11.2 Å². The summed E-state index contributed by atoms with van der Waals surface area (Å²) in [4.78, 5) is 0. The normalized spacial score (nSPS) is 12.5. The molecule has 0 amide bonds. The summed E-state index contributed by atoms with van der Waals surface area (Å²) < 4.78 is 0. The molecule has 0 aliphatic rings. The monoisotopic (exact) mass is 90.1 g/mol. The fourth-order valence-corrected chi connectivity index (χ4v) is 0. The molecule has 0 aromatic heterocycles. The summed E-state index contributed by atoms with van der Waals surface area (Å²) in [5.74, 6) is 0. The largest absolute Gasteiger partial charge is 0.393 e. The molecule has 40 valence electrons. The summed E-state index contributed by atoms with van der Waals surface area (Å²) >= 11 is 0. The number of hydrogen-bond donors (Lipinski definition) is 1. The molecule has 1 N–H and O–H groups in total. The third-order valence-electron chi connectivity index (χ3n) is 0.591. The fraction of sp³-hybridized carbons (Fsp3) is 1.00. The Bertz CT molecular complexity index is 17.9. The third kappa shape index (κ3) is 9.03. The van der Waals surface area contributed by atoms with Gasteiger partial charge in [0.15, 0.2) is 0 Å². The van der Waals surface area contributed by atoms with Crippen molar-refractivity contribution in [3.63, 3.8) is 0 Å². The first-order chi connectivity index (χ1) is 2.27. The molecule has 0 aromatic carbocycles. The second-order valence-electron chi connectivity index (χ2n) is 1.26. The van der Waals surface area contributed by atoms with E-state index >= 15 is 0 Å². The van der Waals surface area contributed by atoms with Crippen molar-refractivity contribution < 1.29 is 5.11 Å². The second kappa shape index (κ2) is 4.96. The van der Waals surface area contributed by atoms with Crippen LogP contribution < -0.4 is 0 Å². The minimum atomic E-state index is -0.116. The van der Waals surface area contributed by atoms with Crippen LogP contribution in [0, 0.1) is 0 Å². The molecule has 0 spiro atoms. The molecular weight excluding hydrogens is 76.1 g/mol. The molecule has 0 saturated heterocycles. The maximum atomic E-state index is 8.36. The molecule has 0 aromatic rings. The minimum absolute atomic E-state index is 0. The van der Waals surface area contributed by atoms with E-state index in [0.29, 0.717) is 0 Å². The minimum Gasteiger partial charge on any atom is -0.393 e. The Kier molecular flexibility index (Phi) is 7.73. The SMILES string of the molecule is C.CC[C@@H](C)O. The van der Waals surface area contributed by atoms with Crippen LogP contribution in [0.15, 0.2) is 0 Å². The summed E-state index contributed by atoms with van der Waals surface area (Å²) in [5, 5.41) is 8.36. The lowest BCUT2D eigenvalue weighted by Gasteiger charge is -1.90. The highest BCUT2D eigenvalue weighted by atomic mass is 16.3. The van der Waals surface area contributed by atoms with Gasteiger partial charge in [0.2, 0.25) is 0 Å². The third-order valence-corrected chi connectivity index (χ3v) is 0.591. The van der Waals surface area contributed by atoms with Crippen molar-refractivity contribution in [1.29, 1.82) is 0 Å². The lowest BCUT2D eigenvalue weighted by Crippen LogP contribution is -1.93. The summed E-state index contributed by atoms with van der Waals surface area (Å²) in [7, 11) is 0. The van der Waals surface area contributed by atoms with Crippen molar-refractivity contribution in [3.05, 3.63) is 0 Å². The van der Waals surface area contributed by atoms with Crippen molar-refractivity contribution in [3.8, 4) is 0 Å². The van der Waals surface area contributed by atoms with Crippen molar-refractivity contribution in [2.24, 2.45) is 0 Å². The Hall–Kier alpha value is -0.0400. The van der Waals surface area contributed by atoms with E-state index in [1.54, 1.807) is 6.92 Å². The zero-order chi connectivity index (χ0) is 4.28. The van der Waals surface area contributed by atoms with E-state index in [1.807, 2.05) is 6.92 Å². The topological polar surface area (TPSA) is 20.2 Å². The van der Waals surface area contributed by atoms with E-state index in [1.165, 1.54) is 0 Å². The van der Waals surface area contributed by atoms with Gasteiger partial charge in [-0.3, -0.25) is 0 Å². The summed E-state index contributed by atoms with van der Waals surface area (Å²) in [6, 6.07) is 0. The van der Waals surface area contributed by atoms with Crippen molar-refractivity contribution in [2.75, 3.05) is 0 Å². The summed E-state index contributed by atoms with van der Waals surface area (Å²) in [5.41, 5.74) is 0. The highest BCUT2D eigenvalue weighted by Gasteiger charge is 1.81. The molecule has 0 unspecified atom stereocenters. The van der Waals surface area contributed by atoms with Crippen LogP contribution in [0.4, 0.5) is 0 Å². The molecular formula is C5H14O. The van der Waals surface area contributed by atoms with Crippen LogP contribution in [0.1, 0.15) is 27.7 Å². The highest BCUT2D eigenvalue weighted by molar-refractivity contribution is 4.34. The van der Waals surface area contributed by atoms with E-state index in [9.17, 15) is 0 Å². The molecule has 6 heavy (non-hydrogen) atoms. The summed E-state index contributed by atoms with van der Waals surface area (Å²) in [6.45, 7) is 3.73. The van der Waals surface area contributed by atoms with Gasteiger partial charge in [-0.25, -0.2) is 0 Å². The highest BCUT2D eigenvalue weighted by Crippen LogP contribution is 1.81.